The summed E-state index contributed by atoms with van der Waals surface area (Å²) >= 11 is 2.05. The zero-order valence-corrected chi connectivity index (χ0v) is 9.88. The molecule has 1 aromatic rings. The fourth-order valence-electron chi connectivity index (χ4n) is 2.09. The van der Waals surface area contributed by atoms with E-state index in [4.69, 9.17) is 5.73 Å². The number of aromatic nitrogens is 2. The van der Waals surface area contributed by atoms with Gasteiger partial charge >= 0.3 is 0 Å². The van der Waals surface area contributed by atoms with Crippen molar-refractivity contribution in [1.29, 1.82) is 0 Å². The van der Waals surface area contributed by atoms with Gasteiger partial charge in [0.05, 0.1) is 18.4 Å². The number of thioether (sulfide) groups is 1. The summed E-state index contributed by atoms with van der Waals surface area (Å²) in [6.45, 7) is 0.981. The molecule has 1 heterocycles. The van der Waals surface area contributed by atoms with Crippen LogP contribution in [0.15, 0.2) is 12.4 Å². The second-order valence-corrected chi connectivity index (χ2v) is 5.41. The molecule has 0 radical (unpaired) electrons. The molecule has 2 rings (SSSR count). The summed E-state index contributed by atoms with van der Waals surface area (Å²) in [5, 5.41) is 4.16. The van der Waals surface area contributed by atoms with Gasteiger partial charge in [-0.15, -0.1) is 0 Å². The van der Waals surface area contributed by atoms with Gasteiger partial charge in [0.25, 0.3) is 0 Å². The Hall–Kier alpha value is -0.640. The molecule has 1 aliphatic rings. The molecule has 15 heavy (non-hydrogen) atoms. The summed E-state index contributed by atoms with van der Waals surface area (Å²) in [7, 11) is 0. The van der Waals surface area contributed by atoms with Gasteiger partial charge in [-0.25, -0.2) is 0 Å². The zero-order valence-electron chi connectivity index (χ0n) is 9.06. The lowest BCUT2D eigenvalue weighted by atomic mass is 10.1. The van der Waals surface area contributed by atoms with E-state index < -0.39 is 0 Å². The van der Waals surface area contributed by atoms with E-state index in [1.165, 1.54) is 31.4 Å². The Bertz CT molecular complexity index is 292. The van der Waals surface area contributed by atoms with E-state index >= 15 is 0 Å². The maximum atomic E-state index is 5.59. The third kappa shape index (κ3) is 3.45. The van der Waals surface area contributed by atoms with E-state index in [9.17, 15) is 0 Å². The summed E-state index contributed by atoms with van der Waals surface area (Å²) in [5.74, 6) is 3.46. The van der Waals surface area contributed by atoms with Crippen LogP contribution in [0.5, 0.6) is 0 Å². The first kappa shape index (κ1) is 10.9. The Morgan fingerprint density at radius 3 is 2.93 bits per heavy atom. The van der Waals surface area contributed by atoms with Crippen molar-refractivity contribution in [3.63, 3.8) is 0 Å². The summed E-state index contributed by atoms with van der Waals surface area (Å²) in [6, 6.07) is 0. The molecule has 0 saturated heterocycles. The van der Waals surface area contributed by atoms with Gasteiger partial charge in [0.1, 0.15) is 0 Å². The zero-order chi connectivity index (χ0) is 10.5. The van der Waals surface area contributed by atoms with Crippen molar-refractivity contribution in [2.45, 2.75) is 32.2 Å². The molecule has 0 unspecified atom stereocenters. The van der Waals surface area contributed by atoms with Crippen LogP contribution in [0.4, 0.5) is 5.69 Å². The first-order valence-corrected chi connectivity index (χ1v) is 6.86. The molecule has 1 saturated carbocycles. The van der Waals surface area contributed by atoms with Gasteiger partial charge in [-0.1, -0.05) is 12.8 Å². The molecule has 4 heteroatoms. The van der Waals surface area contributed by atoms with E-state index in [1.807, 2.05) is 10.9 Å². The smallest absolute Gasteiger partial charge is 0.0719 e. The number of nitrogens with zero attached hydrogens (tertiary/aromatic N) is 2. The standard InChI is InChI=1S/C11H19N3S/c12-11-7-13-14(8-11)5-6-15-9-10-3-1-2-4-10/h7-8,10H,1-6,9,12H2. The molecule has 0 aliphatic heterocycles. The second kappa shape index (κ2) is 5.45. The highest BCUT2D eigenvalue weighted by atomic mass is 32.2. The van der Waals surface area contributed by atoms with Crippen LogP contribution in [0, 0.1) is 5.92 Å². The fourth-order valence-corrected chi connectivity index (χ4v) is 3.24. The molecular weight excluding hydrogens is 206 g/mol. The molecule has 1 aromatic heterocycles. The van der Waals surface area contributed by atoms with Crippen LogP contribution in [0.2, 0.25) is 0 Å². The molecule has 84 valence electrons. The normalized spacial score (nSPS) is 17.3. The molecule has 1 aliphatic carbocycles. The predicted molar refractivity (Wildman–Crippen MR) is 65.9 cm³/mol. The minimum atomic E-state index is 0.760. The van der Waals surface area contributed by atoms with Crippen LogP contribution in [0.1, 0.15) is 25.7 Å². The molecule has 0 atom stereocenters. The largest absolute Gasteiger partial charge is 0.396 e. The number of nitrogens with two attached hydrogens (primary N) is 1. The van der Waals surface area contributed by atoms with Crippen LogP contribution in [0.3, 0.4) is 0 Å². The minimum Gasteiger partial charge on any atom is -0.396 e. The summed E-state index contributed by atoms with van der Waals surface area (Å²) in [4.78, 5) is 0. The average molecular weight is 225 g/mol. The van der Waals surface area contributed by atoms with Gasteiger partial charge in [-0.2, -0.15) is 16.9 Å². The van der Waals surface area contributed by atoms with Crippen molar-refractivity contribution in [1.82, 2.24) is 9.78 Å². The van der Waals surface area contributed by atoms with Crippen molar-refractivity contribution >= 4 is 17.4 Å². The fraction of sp³-hybridized carbons (Fsp3) is 0.727. The molecule has 1 fully saturated rings. The van der Waals surface area contributed by atoms with Gasteiger partial charge < -0.3 is 5.73 Å². The number of aryl methyl sites for hydroxylation is 1. The molecule has 2 N–H and O–H groups in total. The third-order valence-corrected chi connectivity index (χ3v) is 4.12. The van der Waals surface area contributed by atoms with Gasteiger partial charge in [-0.3, -0.25) is 4.68 Å². The Morgan fingerprint density at radius 2 is 2.27 bits per heavy atom. The lowest BCUT2D eigenvalue weighted by Gasteiger charge is -2.07. The van der Waals surface area contributed by atoms with Crippen molar-refractivity contribution in [3.05, 3.63) is 12.4 Å². The van der Waals surface area contributed by atoms with E-state index in [0.29, 0.717) is 0 Å². The Labute approximate surface area is 95.4 Å². The summed E-state index contributed by atoms with van der Waals surface area (Å²) in [6.07, 6.45) is 9.39. The van der Waals surface area contributed by atoms with Crippen molar-refractivity contribution < 1.29 is 0 Å². The van der Waals surface area contributed by atoms with Crippen molar-refractivity contribution in [2.24, 2.45) is 5.92 Å². The molecular formula is C11H19N3S. The van der Waals surface area contributed by atoms with Crippen LogP contribution in [-0.4, -0.2) is 21.3 Å². The second-order valence-electron chi connectivity index (χ2n) is 4.26. The van der Waals surface area contributed by atoms with E-state index in [1.54, 1.807) is 6.20 Å². The number of nitrogen functional groups attached to an aromatic ring is 1. The monoisotopic (exact) mass is 225 g/mol. The highest BCUT2D eigenvalue weighted by molar-refractivity contribution is 7.99. The molecule has 0 spiro atoms. The van der Waals surface area contributed by atoms with Crippen molar-refractivity contribution in [2.75, 3.05) is 17.2 Å². The quantitative estimate of drug-likeness (QED) is 0.782. The number of rotatable bonds is 5. The van der Waals surface area contributed by atoms with Crippen molar-refractivity contribution in [3.8, 4) is 0 Å². The number of anilines is 1. The maximum Gasteiger partial charge on any atom is 0.0719 e. The van der Waals surface area contributed by atoms with Gasteiger partial charge in [0, 0.05) is 11.9 Å². The van der Waals surface area contributed by atoms with Gasteiger partial charge in [0.2, 0.25) is 0 Å². The SMILES string of the molecule is Nc1cnn(CCSCC2CCCC2)c1. The summed E-state index contributed by atoms with van der Waals surface area (Å²) < 4.78 is 1.93. The Balaban J connectivity index is 1.58. The van der Waals surface area contributed by atoms with Crippen LogP contribution in [-0.2, 0) is 6.54 Å². The lowest BCUT2D eigenvalue weighted by Crippen LogP contribution is -2.03. The Kier molecular flexibility index (Phi) is 3.94. The number of hydrogen-bond acceptors (Lipinski definition) is 3. The minimum absolute atomic E-state index is 0.760. The Morgan fingerprint density at radius 1 is 1.47 bits per heavy atom. The van der Waals surface area contributed by atoms with Crippen LogP contribution < -0.4 is 5.73 Å². The molecule has 0 bridgehead atoms. The first-order chi connectivity index (χ1) is 7.34. The first-order valence-electron chi connectivity index (χ1n) is 5.70. The van der Waals surface area contributed by atoms with Crippen LogP contribution in [0.25, 0.3) is 0 Å². The molecule has 0 aromatic carbocycles. The average Bonchev–Trinajstić information content (AvgIpc) is 2.84. The topological polar surface area (TPSA) is 43.8 Å². The third-order valence-electron chi connectivity index (χ3n) is 2.95. The molecule has 3 nitrogen and oxygen atoms in total. The van der Waals surface area contributed by atoms with E-state index in [-0.39, 0.29) is 0 Å². The maximum absolute atomic E-state index is 5.59. The van der Waals surface area contributed by atoms with Crippen LogP contribution >= 0.6 is 11.8 Å². The predicted octanol–water partition coefficient (Wildman–Crippen LogP) is 2.39. The van der Waals surface area contributed by atoms with E-state index in [0.717, 1.165) is 23.9 Å². The highest BCUT2D eigenvalue weighted by Crippen LogP contribution is 2.27. The lowest BCUT2D eigenvalue weighted by molar-refractivity contribution is 0.620. The molecule has 0 amide bonds. The number of hydrogen-bond donors (Lipinski definition) is 1. The van der Waals surface area contributed by atoms with Gasteiger partial charge in [-0.05, 0) is 24.5 Å². The van der Waals surface area contributed by atoms with Gasteiger partial charge in [0.15, 0.2) is 0 Å². The highest BCUT2D eigenvalue weighted by Gasteiger charge is 2.14. The summed E-state index contributed by atoms with van der Waals surface area (Å²) in [5.41, 5.74) is 6.35. The van der Waals surface area contributed by atoms with E-state index in [2.05, 4.69) is 16.9 Å².